The summed E-state index contributed by atoms with van der Waals surface area (Å²) in [5.74, 6) is 0.398. The summed E-state index contributed by atoms with van der Waals surface area (Å²) in [4.78, 5) is 6.20. The lowest BCUT2D eigenvalue weighted by Gasteiger charge is -2.36. The first kappa shape index (κ1) is 22.9. The molecule has 3 rings (SSSR count). The third-order valence-electron chi connectivity index (χ3n) is 5.25. The van der Waals surface area contributed by atoms with Crippen molar-refractivity contribution in [3.05, 3.63) is 54.3 Å². The number of piperidine rings is 1. The molecule has 0 aromatic heterocycles. The number of benzene rings is 2. The van der Waals surface area contributed by atoms with E-state index in [0.717, 1.165) is 43.4 Å². The third-order valence-corrected chi connectivity index (χ3v) is 6.99. The maximum atomic E-state index is 13.8. The van der Waals surface area contributed by atoms with E-state index in [1.54, 1.807) is 14.2 Å². The van der Waals surface area contributed by atoms with Crippen molar-refractivity contribution in [1.29, 1.82) is 0 Å². The molecule has 2 N–H and O–H groups in total. The highest BCUT2D eigenvalue weighted by Gasteiger charge is 2.23. The Morgan fingerprint density at radius 3 is 2.71 bits per heavy atom. The molecule has 1 aliphatic rings. The highest BCUT2D eigenvalue weighted by Crippen LogP contribution is 2.29. The summed E-state index contributed by atoms with van der Waals surface area (Å²) in [6.07, 6.45) is 1.98. The van der Waals surface area contributed by atoms with Gasteiger partial charge in [0.15, 0.2) is 15.8 Å². The zero-order valence-corrected chi connectivity index (χ0v) is 18.7. The minimum absolute atomic E-state index is 0.124. The van der Waals surface area contributed by atoms with Crippen molar-refractivity contribution < 1.29 is 17.5 Å². The number of methoxy groups -OCH3 is 1. The van der Waals surface area contributed by atoms with Gasteiger partial charge in [-0.2, -0.15) is 0 Å². The standard InChI is InChI=1S/C22H29FN4O3S/c1-24-22(25-13-15-31(28,29)21-12-6-3-9-18(21)23)26-17-8-7-14-27(16-17)19-10-4-5-11-20(19)30-2/h3-6,9-12,17H,7-8,13-16H2,1-2H3,(H2,24,25,26). The molecule has 1 atom stereocenters. The molecule has 1 aliphatic heterocycles. The average Bonchev–Trinajstić information content (AvgIpc) is 2.78. The van der Waals surface area contributed by atoms with Gasteiger partial charge >= 0.3 is 0 Å². The highest BCUT2D eigenvalue weighted by atomic mass is 32.2. The number of ether oxygens (including phenoxy) is 1. The molecule has 1 unspecified atom stereocenters. The zero-order chi connectivity index (χ0) is 22.3. The molecule has 1 heterocycles. The van der Waals surface area contributed by atoms with Crippen LogP contribution in [0.3, 0.4) is 0 Å². The van der Waals surface area contributed by atoms with E-state index < -0.39 is 15.7 Å². The lowest BCUT2D eigenvalue weighted by Crippen LogP contribution is -2.51. The molecule has 7 nitrogen and oxygen atoms in total. The summed E-state index contributed by atoms with van der Waals surface area (Å²) in [5, 5.41) is 6.40. The molecule has 9 heteroatoms. The number of halogens is 1. The predicted molar refractivity (Wildman–Crippen MR) is 121 cm³/mol. The SMILES string of the molecule is CN=C(NCCS(=O)(=O)c1ccccc1F)NC1CCCN(c2ccccc2OC)C1. The zero-order valence-electron chi connectivity index (χ0n) is 17.8. The molecule has 168 valence electrons. The van der Waals surface area contributed by atoms with Gasteiger partial charge in [0, 0.05) is 32.7 Å². The van der Waals surface area contributed by atoms with Crippen molar-refractivity contribution in [1.82, 2.24) is 10.6 Å². The summed E-state index contributed by atoms with van der Waals surface area (Å²) in [7, 11) is -0.416. The Balaban J connectivity index is 1.56. The van der Waals surface area contributed by atoms with Crippen LogP contribution in [0.4, 0.5) is 10.1 Å². The summed E-state index contributed by atoms with van der Waals surface area (Å²) < 4.78 is 44.1. The molecule has 31 heavy (non-hydrogen) atoms. The number of nitrogens with one attached hydrogen (secondary N) is 2. The summed E-state index contributed by atoms with van der Waals surface area (Å²) in [6, 6.07) is 13.5. The summed E-state index contributed by atoms with van der Waals surface area (Å²) in [6.45, 7) is 1.83. The molecule has 0 radical (unpaired) electrons. The number of sulfone groups is 1. The van der Waals surface area contributed by atoms with E-state index in [1.807, 2.05) is 24.3 Å². The van der Waals surface area contributed by atoms with Crippen molar-refractivity contribution in [2.75, 3.05) is 44.4 Å². The normalized spacial score (nSPS) is 17.3. The Morgan fingerprint density at radius 1 is 1.23 bits per heavy atom. The smallest absolute Gasteiger partial charge is 0.191 e. The minimum atomic E-state index is -3.72. The van der Waals surface area contributed by atoms with Crippen LogP contribution in [0.15, 0.2) is 58.4 Å². The quantitative estimate of drug-likeness (QED) is 0.500. The third kappa shape index (κ3) is 5.88. The average molecular weight is 449 g/mol. The molecule has 0 amide bonds. The number of guanidine groups is 1. The van der Waals surface area contributed by atoms with Gasteiger partial charge < -0.3 is 20.3 Å². The van der Waals surface area contributed by atoms with E-state index in [0.29, 0.717) is 5.96 Å². The first-order valence-corrected chi connectivity index (χ1v) is 11.9. The van der Waals surface area contributed by atoms with Gasteiger partial charge in [-0.15, -0.1) is 0 Å². The second-order valence-corrected chi connectivity index (χ2v) is 9.43. The van der Waals surface area contributed by atoms with Crippen molar-refractivity contribution >= 4 is 21.5 Å². The number of aliphatic imine (C=N–C) groups is 1. The van der Waals surface area contributed by atoms with E-state index >= 15 is 0 Å². The fourth-order valence-corrected chi connectivity index (χ4v) is 4.95. The fourth-order valence-electron chi connectivity index (χ4n) is 3.70. The van der Waals surface area contributed by atoms with Crippen LogP contribution >= 0.6 is 0 Å². The Bertz CT molecular complexity index is 1010. The number of para-hydroxylation sites is 2. The van der Waals surface area contributed by atoms with E-state index in [1.165, 1.54) is 18.2 Å². The van der Waals surface area contributed by atoms with Crippen LogP contribution in [0.25, 0.3) is 0 Å². The maximum Gasteiger partial charge on any atom is 0.191 e. The van der Waals surface area contributed by atoms with Gasteiger partial charge in [-0.25, -0.2) is 12.8 Å². The Labute approximate surface area is 183 Å². The molecule has 1 saturated heterocycles. The Kier molecular flexibility index (Phi) is 7.73. The predicted octanol–water partition coefficient (Wildman–Crippen LogP) is 2.44. The van der Waals surface area contributed by atoms with E-state index in [4.69, 9.17) is 4.74 Å². The second kappa shape index (κ2) is 10.5. The lowest BCUT2D eigenvalue weighted by atomic mass is 10.0. The van der Waals surface area contributed by atoms with Gasteiger partial charge in [0.1, 0.15) is 16.5 Å². The molecule has 1 fully saturated rings. The molecule has 0 saturated carbocycles. The number of rotatable bonds is 7. The first-order valence-electron chi connectivity index (χ1n) is 10.3. The largest absolute Gasteiger partial charge is 0.495 e. The maximum absolute atomic E-state index is 13.8. The topological polar surface area (TPSA) is 83.0 Å². The molecular weight excluding hydrogens is 419 g/mol. The fraction of sp³-hybridized carbons (Fsp3) is 0.409. The Morgan fingerprint density at radius 2 is 1.97 bits per heavy atom. The van der Waals surface area contributed by atoms with Crippen molar-refractivity contribution in [2.24, 2.45) is 4.99 Å². The number of nitrogens with zero attached hydrogens (tertiary/aromatic N) is 2. The first-order chi connectivity index (χ1) is 14.9. The van der Waals surface area contributed by atoms with Crippen LogP contribution in [0.2, 0.25) is 0 Å². The molecular formula is C22H29FN4O3S. The minimum Gasteiger partial charge on any atom is -0.495 e. The van der Waals surface area contributed by atoms with Crippen LogP contribution in [0.5, 0.6) is 5.75 Å². The lowest BCUT2D eigenvalue weighted by molar-refractivity contribution is 0.408. The van der Waals surface area contributed by atoms with Crippen LogP contribution in [0, 0.1) is 5.82 Å². The van der Waals surface area contributed by atoms with E-state index in [2.05, 4.69) is 20.5 Å². The van der Waals surface area contributed by atoms with Crippen LogP contribution in [-0.4, -0.2) is 60.0 Å². The van der Waals surface area contributed by atoms with Crippen molar-refractivity contribution in [3.8, 4) is 5.75 Å². The second-order valence-electron chi connectivity index (χ2n) is 7.35. The van der Waals surface area contributed by atoms with Gasteiger partial charge in [-0.1, -0.05) is 24.3 Å². The van der Waals surface area contributed by atoms with Gasteiger partial charge in [0.25, 0.3) is 0 Å². The number of hydrogen-bond donors (Lipinski definition) is 2. The Hall–Kier alpha value is -2.81. The summed E-state index contributed by atoms with van der Waals surface area (Å²) in [5.41, 5.74) is 1.05. The van der Waals surface area contributed by atoms with E-state index in [-0.39, 0.29) is 23.2 Å². The highest BCUT2D eigenvalue weighted by molar-refractivity contribution is 7.91. The molecule has 2 aromatic rings. The molecule has 2 aromatic carbocycles. The number of hydrogen-bond acceptors (Lipinski definition) is 5. The van der Waals surface area contributed by atoms with Gasteiger partial charge in [-0.05, 0) is 37.1 Å². The van der Waals surface area contributed by atoms with Gasteiger partial charge in [0.05, 0.1) is 18.6 Å². The number of anilines is 1. The van der Waals surface area contributed by atoms with Crippen LogP contribution < -0.4 is 20.3 Å². The van der Waals surface area contributed by atoms with Gasteiger partial charge in [0.2, 0.25) is 0 Å². The van der Waals surface area contributed by atoms with Crippen molar-refractivity contribution in [2.45, 2.75) is 23.8 Å². The van der Waals surface area contributed by atoms with Gasteiger partial charge in [-0.3, -0.25) is 4.99 Å². The monoisotopic (exact) mass is 448 g/mol. The van der Waals surface area contributed by atoms with Crippen LogP contribution in [0.1, 0.15) is 12.8 Å². The van der Waals surface area contributed by atoms with Crippen molar-refractivity contribution in [3.63, 3.8) is 0 Å². The summed E-state index contributed by atoms with van der Waals surface area (Å²) >= 11 is 0. The van der Waals surface area contributed by atoms with E-state index in [9.17, 15) is 12.8 Å². The molecule has 0 spiro atoms. The molecule has 0 bridgehead atoms. The molecule has 0 aliphatic carbocycles. The van der Waals surface area contributed by atoms with Crippen LogP contribution in [-0.2, 0) is 9.84 Å².